The Morgan fingerprint density at radius 2 is 1.83 bits per heavy atom. The van der Waals surface area contributed by atoms with Gasteiger partial charge < -0.3 is 9.84 Å². The molecule has 7 nitrogen and oxygen atoms in total. The largest absolute Gasteiger partial charge is 0.508 e. The van der Waals surface area contributed by atoms with Crippen LogP contribution in [-0.4, -0.2) is 29.6 Å². The summed E-state index contributed by atoms with van der Waals surface area (Å²) in [6, 6.07) is 8.15. The molecule has 0 bridgehead atoms. The van der Waals surface area contributed by atoms with Gasteiger partial charge in [-0.05, 0) is 64.8 Å². The number of phenolic OH excluding ortho intramolecular Hbond substituents is 1. The minimum Gasteiger partial charge on any atom is -0.508 e. The van der Waals surface area contributed by atoms with Crippen LogP contribution in [0.15, 0.2) is 50.9 Å². The van der Waals surface area contributed by atoms with Gasteiger partial charge >= 0.3 is 6.03 Å². The van der Waals surface area contributed by atoms with E-state index >= 15 is 0 Å². The van der Waals surface area contributed by atoms with Crippen molar-refractivity contribution in [1.82, 2.24) is 5.32 Å². The van der Waals surface area contributed by atoms with Gasteiger partial charge in [0, 0.05) is 10.0 Å². The van der Waals surface area contributed by atoms with Crippen LogP contribution in [0.1, 0.15) is 18.9 Å². The highest BCUT2D eigenvalue weighted by Gasteiger charge is 2.37. The number of anilines is 1. The molecule has 0 aliphatic carbocycles. The van der Waals surface area contributed by atoms with Crippen molar-refractivity contribution in [3.05, 3.63) is 56.5 Å². The van der Waals surface area contributed by atoms with E-state index in [2.05, 4.69) is 37.2 Å². The number of carbonyl (C=O) groups is 3. The van der Waals surface area contributed by atoms with Crippen molar-refractivity contribution in [1.29, 1.82) is 0 Å². The summed E-state index contributed by atoms with van der Waals surface area (Å²) in [6.45, 7) is 2.42. The number of barbiturate groups is 1. The van der Waals surface area contributed by atoms with Crippen LogP contribution in [0.4, 0.5) is 10.5 Å². The Balaban J connectivity index is 2.06. The van der Waals surface area contributed by atoms with E-state index < -0.39 is 17.8 Å². The van der Waals surface area contributed by atoms with Crippen molar-refractivity contribution in [2.45, 2.75) is 13.3 Å². The summed E-state index contributed by atoms with van der Waals surface area (Å²) < 4.78 is 7.14. The summed E-state index contributed by atoms with van der Waals surface area (Å²) in [5.41, 5.74) is 0.504. The number of halogens is 2. The molecule has 2 aromatic carbocycles. The van der Waals surface area contributed by atoms with Crippen LogP contribution in [0, 0.1) is 0 Å². The molecule has 3 rings (SSSR count). The highest BCUT2D eigenvalue weighted by atomic mass is 79.9. The minimum atomic E-state index is -0.860. The summed E-state index contributed by atoms with van der Waals surface area (Å²) in [6.07, 6.45) is 2.17. The number of amides is 4. The number of nitrogens with zero attached hydrogens (tertiary/aromatic N) is 1. The smallest absolute Gasteiger partial charge is 0.335 e. The molecular weight excluding hydrogens is 508 g/mol. The monoisotopic (exact) mass is 522 g/mol. The first-order valence-electron chi connectivity index (χ1n) is 8.64. The number of aromatic hydroxyl groups is 1. The number of carbonyl (C=O) groups excluding carboxylic acids is 3. The molecule has 150 valence electrons. The third-order valence-electron chi connectivity index (χ3n) is 4.00. The Kier molecular flexibility index (Phi) is 6.39. The Hall–Kier alpha value is -2.65. The Bertz CT molecular complexity index is 1020. The van der Waals surface area contributed by atoms with Gasteiger partial charge in [0.25, 0.3) is 11.8 Å². The Morgan fingerprint density at radius 3 is 2.48 bits per heavy atom. The first-order valence-corrected chi connectivity index (χ1v) is 10.2. The number of urea groups is 1. The van der Waals surface area contributed by atoms with Crippen molar-refractivity contribution in [2.24, 2.45) is 0 Å². The number of hydrogen-bond donors (Lipinski definition) is 2. The average Bonchev–Trinajstić information content (AvgIpc) is 2.65. The van der Waals surface area contributed by atoms with Crippen molar-refractivity contribution in [3.63, 3.8) is 0 Å². The first kappa shape index (κ1) is 21.1. The van der Waals surface area contributed by atoms with Crippen LogP contribution in [0.3, 0.4) is 0 Å². The second kappa shape index (κ2) is 8.79. The molecular formula is C20H16Br2N2O5. The third-order valence-corrected chi connectivity index (χ3v) is 5.04. The molecule has 2 aromatic rings. The maximum absolute atomic E-state index is 13.0. The van der Waals surface area contributed by atoms with Crippen molar-refractivity contribution < 1.29 is 24.2 Å². The molecule has 0 saturated carbocycles. The van der Waals surface area contributed by atoms with Crippen LogP contribution in [0.5, 0.6) is 11.5 Å². The first-order chi connectivity index (χ1) is 13.8. The van der Waals surface area contributed by atoms with Crippen LogP contribution in [-0.2, 0) is 9.59 Å². The fraction of sp³-hybridized carbons (Fsp3) is 0.150. The molecule has 4 amide bonds. The lowest BCUT2D eigenvalue weighted by Gasteiger charge is -2.26. The van der Waals surface area contributed by atoms with Gasteiger partial charge in [-0.1, -0.05) is 22.9 Å². The van der Waals surface area contributed by atoms with Gasteiger partial charge in [-0.2, -0.15) is 0 Å². The van der Waals surface area contributed by atoms with Gasteiger partial charge in [-0.15, -0.1) is 0 Å². The van der Waals surface area contributed by atoms with E-state index in [4.69, 9.17) is 4.74 Å². The molecule has 2 N–H and O–H groups in total. The van der Waals surface area contributed by atoms with E-state index in [-0.39, 0.29) is 17.0 Å². The molecule has 1 saturated heterocycles. The molecule has 1 aliphatic heterocycles. The highest BCUT2D eigenvalue weighted by molar-refractivity contribution is 9.11. The second-order valence-corrected chi connectivity index (χ2v) is 7.90. The standard InChI is InChI=1S/C20H16Br2N2O5/c1-2-7-29-17-11(8-12(21)10-16(17)22)9-15-18(26)23-20(28)24(19(15)27)13-3-5-14(25)6-4-13/h3-6,8-10,25H,2,7H2,1H3,(H,23,26,28)/b15-9+. The van der Waals surface area contributed by atoms with Gasteiger partial charge in [0.1, 0.15) is 17.1 Å². The quantitative estimate of drug-likeness (QED) is 0.448. The van der Waals surface area contributed by atoms with Crippen molar-refractivity contribution in [2.75, 3.05) is 11.5 Å². The van der Waals surface area contributed by atoms with E-state index in [1.807, 2.05) is 6.92 Å². The number of hydrogen-bond acceptors (Lipinski definition) is 5. The fourth-order valence-corrected chi connectivity index (χ4v) is 4.07. The number of ether oxygens (including phenoxy) is 1. The number of nitrogens with one attached hydrogen (secondary N) is 1. The van der Waals surface area contributed by atoms with Crippen LogP contribution in [0.25, 0.3) is 6.08 Å². The van der Waals surface area contributed by atoms with E-state index in [1.165, 1.54) is 30.3 Å². The molecule has 1 heterocycles. The van der Waals surface area contributed by atoms with E-state index in [0.717, 1.165) is 15.8 Å². The zero-order chi connectivity index (χ0) is 21.1. The summed E-state index contributed by atoms with van der Waals surface area (Å²) >= 11 is 6.82. The second-order valence-electron chi connectivity index (χ2n) is 6.13. The lowest BCUT2D eigenvalue weighted by molar-refractivity contribution is -0.122. The van der Waals surface area contributed by atoms with E-state index in [0.29, 0.717) is 22.4 Å². The molecule has 0 radical (unpaired) electrons. The molecule has 0 atom stereocenters. The summed E-state index contributed by atoms with van der Waals surface area (Å²) in [5, 5.41) is 11.6. The Morgan fingerprint density at radius 1 is 1.14 bits per heavy atom. The topological polar surface area (TPSA) is 95.9 Å². The predicted molar refractivity (Wildman–Crippen MR) is 115 cm³/mol. The van der Waals surface area contributed by atoms with Gasteiger partial charge in [0.05, 0.1) is 16.8 Å². The lowest BCUT2D eigenvalue weighted by atomic mass is 10.1. The van der Waals surface area contributed by atoms with Gasteiger partial charge in [-0.3, -0.25) is 14.9 Å². The van der Waals surface area contributed by atoms with Crippen LogP contribution < -0.4 is 15.0 Å². The zero-order valence-corrected chi connectivity index (χ0v) is 18.4. The third kappa shape index (κ3) is 4.51. The molecule has 1 aliphatic rings. The average molecular weight is 524 g/mol. The SMILES string of the molecule is CCCOc1c(Br)cc(Br)cc1/C=C1\C(=O)NC(=O)N(c2ccc(O)cc2)C1=O. The molecule has 0 unspecified atom stereocenters. The normalized spacial score (nSPS) is 15.6. The molecule has 29 heavy (non-hydrogen) atoms. The molecule has 0 spiro atoms. The number of rotatable bonds is 5. The van der Waals surface area contributed by atoms with Crippen molar-refractivity contribution >= 4 is 61.5 Å². The van der Waals surface area contributed by atoms with Crippen LogP contribution in [0.2, 0.25) is 0 Å². The van der Waals surface area contributed by atoms with Gasteiger partial charge in [0.2, 0.25) is 0 Å². The maximum Gasteiger partial charge on any atom is 0.335 e. The minimum absolute atomic E-state index is 0.0119. The van der Waals surface area contributed by atoms with Gasteiger partial charge in [0.15, 0.2) is 0 Å². The molecule has 0 aromatic heterocycles. The fourth-order valence-electron chi connectivity index (χ4n) is 2.69. The number of benzene rings is 2. The highest BCUT2D eigenvalue weighted by Crippen LogP contribution is 2.35. The predicted octanol–water partition coefficient (Wildman–Crippen LogP) is 4.37. The summed E-state index contributed by atoms with van der Waals surface area (Å²) in [7, 11) is 0. The van der Waals surface area contributed by atoms with Gasteiger partial charge in [-0.25, -0.2) is 9.69 Å². The zero-order valence-electron chi connectivity index (χ0n) is 15.2. The molecule has 9 heteroatoms. The molecule has 1 fully saturated rings. The van der Waals surface area contributed by atoms with E-state index in [9.17, 15) is 19.5 Å². The Labute approximate surface area is 183 Å². The summed E-state index contributed by atoms with van der Waals surface area (Å²) in [4.78, 5) is 38.5. The number of imide groups is 2. The number of phenols is 1. The van der Waals surface area contributed by atoms with Crippen LogP contribution >= 0.6 is 31.9 Å². The van der Waals surface area contributed by atoms with E-state index in [1.54, 1.807) is 12.1 Å². The maximum atomic E-state index is 13.0. The lowest BCUT2D eigenvalue weighted by Crippen LogP contribution is -2.54. The summed E-state index contributed by atoms with van der Waals surface area (Å²) in [5.74, 6) is -1.10. The van der Waals surface area contributed by atoms with Crippen molar-refractivity contribution in [3.8, 4) is 11.5 Å².